The molecule has 0 bridgehead atoms. The lowest BCUT2D eigenvalue weighted by Gasteiger charge is -2.32. The van der Waals surface area contributed by atoms with Crippen LogP contribution < -0.4 is 9.47 Å². The van der Waals surface area contributed by atoms with Gasteiger partial charge in [0, 0.05) is 31.6 Å². The summed E-state index contributed by atoms with van der Waals surface area (Å²) in [6.07, 6.45) is 2.11. The molecular weight excluding hydrogens is 490 g/mol. The third kappa shape index (κ3) is 6.15. The Bertz CT molecular complexity index is 1190. The zero-order chi connectivity index (χ0) is 27.1. The summed E-state index contributed by atoms with van der Waals surface area (Å²) in [7, 11) is 3.24. The first-order valence-corrected chi connectivity index (χ1v) is 12.3. The van der Waals surface area contributed by atoms with Gasteiger partial charge in [-0.1, -0.05) is 6.58 Å². The number of methoxy groups -OCH3 is 2. The number of aromatic nitrogens is 1. The topological polar surface area (TPSA) is 115 Å². The van der Waals surface area contributed by atoms with Crippen molar-refractivity contribution in [1.29, 1.82) is 0 Å². The van der Waals surface area contributed by atoms with Gasteiger partial charge in [0.25, 0.3) is 0 Å². The second-order valence-corrected chi connectivity index (χ2v) is 8.76. The van der Waals surface area contributed by atoms with Gasteiger partial charge in [-0.05, 0) is 61.4 Å². The van der Waals surface area contributed by atoms with Crippen LogP contribution in [0.4, 0.5) is 4.79 Å². The molecule has 1 aliphatic heterocycles. The Labute approximate surface area is 222 Å². The van der Waals surface area contributed by atoms with E-state index in [0.717, 1.165) is 34.6 Å². The second-order valence-electron chi connectivity index (χ2n) is 8.76. The number of hydrogen-bond donors (Lipinski definition) is 1. The molecule has 10 heteroatoms. The van der Waals surface area contributed by atoms with Crippen molar-refractivity contribution in [3.63, 3.8) is 0 Å². The molecule has 0 unspecified atom stereocenters. The van der Waals surface area contributed by atoms with Gasteiger partial charge in [0.05, 0.1) is 33.4 Å². The summed E-state index contributed by atoms with van der Waals surface area (Å²) in [5.41, 5.74) is 2.48. The number of hydroxylamine groups is 2. The zero-order valence-electron chi connectivity index (χ0n) is 21.5. The summed E-state index contributed by atoms with van der Waals surface area (Å²) < 4.78 is 21.5. The van der Waals surface area contributed by atoms with E-state index in [9.17, 15) is 14.8 Å². The van der Waals surface area contributed by atoms with E-state index in [-0.39, 0.29) is 20.3 Å². The molecule has 3 aromatic rings. The number of amides is 2. The maximum atomic E-state index is 12.6. The highest BCUT2D eigenvalue weighted by Crippen LogP contribution is 2.38. The lowest BCUT2D eigenvalue weighted by atomic mass is 9.97. The number of nitrogens with zero attached hydrogens (tertiary/aromatic N) is 3. The molecule has 0 radical (unpaired) electrons. The van der Waals surface area contributed by atoms with Crippen molar-refractivity contribution in [2.45, 2.75) is 25.2 Å². The fourth-order valence-electron chi connectivity index (χ4n) is 4.32. The van der Waals surface area contributed by atoms with Gasteiger partial charge in [-0.25, -0.2) is 14.8 Å². The van der Waals surface area contributed by atoms with Crippen molar-refractivity contribution >= 4 is 12.0 Å². The van der Waals surface area contributed by atoms with Gasteiger partial charge in [0.2, 0.25) is 0 Å². The predicted molar refractivity (Wildman–Crippen MR) is 141 cm³/mol. The molecule has 1 saturated heterocycles. The molecule has 0 aliphatic carbocycles. The summed E-state index contributed by atoms with van der Waals surface area (Å²) in [6, 6.07) is 14.7. The average Bonchev–Trinajstić information content (AvgIpc) is 3.41. The number of rotatable bonds is 9. The molecule has 10 nitrogen and oxygen atoms in total. The Morgan fingerprint density at radius 2 is 1.66 bits per heavy atom. The summed E-state index contributed by atoms with van der Waals surface area (Å²) in [4.78, 5) is 30.5. The Hall–Kier alpha value is -4.31. The molecule has 38 heavy (non-hydrogen) atoms. The molecule has 2 heterocycles. The van der Waals surface area contributed by atoms with Crippen LogP contribution in [0, 0.1) is 0 Å². The molecule has 2 amide bonds. The molecule has 2 aromatic carbocycles. The largest absolute Gasteiger partial charge is 0.497 e. The molecule has 0 spiro atoms. The van der Waals surface area contributed by atoms with Crippen LogP contribution in [0.25, 0.3) is 22.6 Å². The number of urea groups is 1. The van der Waals surface area contributed by atoms with Gasteiger partial charge in [0.15, 0.2) is 11.7 Å². The first kappa shape index (κ1) is 26.7. The van der Waals surface area contributed by atoms with Gasteiger partial charge < -0.3 is 23.5 Å². The van der Waals surface area contributed by atoms with Crippen LogP contribution in [0.5, 0.6) is 11.5 Å². The first-order valence-electron chi connectivity index (χ1n) is 12.3. The number of ether oxygens (including phenoxy) is 3. The van der Waals surface area contributed by atoms with Crippen LogP contribution in [-0.2, 0) is 9.53 Å². The minimum absolute atomic E-state index is 0. The number of likely N-dealkylation sites (tertiary alicyclic amines) is 1. The van der Waals surface area contributed by atoms with Crippen LogP contribution in [0.2, 0.25) is 0 Å². The normalized spacial score (nSPS) is 13.6. The van der Waals surface area contributed by atoms with Crippen molar-refractivity contribution in [2.24, 2.45) is 0 Å². The second kappa shape index (κ2) is 12.3. The SMILES string of the molecule is C=COC(=O)CCN(O)C(=O)N1CCC(c2nc(-c3ccc(OC)cc3)c(-c3ccc(OC)cc3)o2)CC1.[HH]. The quantitative estimate of drug-likeness (QED) is 0.173. The minimum Gasteiger partial charge on any atom is -0.497 e. The third-order valence-corrected chi connectivity index (χ3v) is 6.44. The van der Waals surface area contributed by atoms with Gasteiger partial charge in [0.1, 0.15) is 17.2 Å². The van der Waals surface area contributed by atoms with E-state index in [1.807, 2.05) is 48.5 Å². The highest BCUT2D eigenvalue weighted by Gasteiger charge is 2.30. The first-order chi connectivity index (χ1) is 18.4. The number of carbonyl (C=O) groups excluding carboxylic acids is 2. The van der Waals surface area contributed by atoms with Crippen molar-refractivity contribution in [3.8, 4) is 34.1 Å². The number of hydrogen-bond acceptors (Lipinski definition) is 8. The van der Waals surface area contributed by atoms with Crippen molar-refractivity contribution < 1.29 is 34.9 Å². The number of carbonyl (C=O) groups is 2. The van der Waals surface area contributed by atoms with Gasteiger partial charge in [-0.3, -0.25) is 10.0 Å². The molecule has 1 fully saturated rings. The fraction of sp³-hybridized carbons (Fsp3) is 0.321. The van der Waals surface area contributed by atoms with Crippen molar-refractivity contribution in [3.05, 3.63) is 67.3 Å². The van der Waals surface area contributed by atoms with E-state index < -0.39 is 12.0 Å². The van der Waals surface area contributed by atoms with Crippen LogP contribution in [0.1, 0.15) is 32.5 Å². The van der Waals surface area contributed by atoms with Crippen LogP contribution in [0.15, 0.2) is 65.8 Å². The number of benzene rings is 2. The van der Waals surface area contributed by atoms with Gasteiger partial charge >= 0.3 is 12.0 Å². The number of oxazole rings is 1. The molecular formula is C28H33N3O7. The fourth-order valence-corrected chi connectivity index (χ4v) is 4.32. The summed E-state index contributed by atoms with van der Waals surface area (Å²) in [5.74, 6) is 2.16. The predicted octanol–water partition coefficient (Wildman–Crippen LogP) is 5.34. The molecule has 1 N–H and O–H groups in total. The van der Waals surface area contributed by atoms with E-state index >= 15 is 0 Å². The number of piperidine rings is 1. The third-order valence-electron chi connectivity index (χ3n) is 6.44. The molecule has 202 valence electrons. The summed E-state index contributed by atoms with van der Waals surface area (Å²) >= 11 is 0. The molecule has 0 saturated carbocycles. The minimum atomic E-state index is -0.574. The van der Waals surface area contributed by atoms with E-state index in [1.54, 1.807) is 19.1 Å². The van der Waals surface area contributed by atoms with Crippen molar-refractivity contribution in [1.82, 2.24) is 14.9 Å². The van der Waals surface area contributed by atoms with Crippen LogP contribution in [0.3, 0.4) is 0 Å². The zero-order valence-corrected chi connectivity index (χ0v) is 21.5. The monoisotopic (exact) mass is 523 g/mol. The smallest absolute Gasteiger partial charge is 0.343 e. The molecule has 0 atom stereocenters. The maximum Gasteiger partial charge on any atom is 0.343 e. The summed E-state index contributed by atoms with van der Waals surface area (Å²) in [5, 5.41) is 10.6. The lowest BCUT2D eigenvalue weighted by Crippen LogP contribution is -2.45. The van der Waals surface area contributed by atoms with E-state index in [2.05, 4.69) is 11.3 Å². The van der Waals surface area contributed by atoms with E-state index in [1.165, 1.54) is 0 Å². The van der Waals surface area contributed by atoms with Crippen LogP contribution in [-0.4, -0.2) is 66.0 Å². The highest BCUT2D eigenvalue weighted by molar-refractivity contribution is 5.77. The lowest BCUT2D eigenvalue weighted by molar-refractivity contribution is -0.140. The molecule has 1 aromatic heterocycles. The Morgan fingerprint density at radius 3 is 2.21 bits per heavy atom. The standard InChI is InChI=1S/C28H31N3O7.H2/c1-4-37-24(32)15-18-31(34)28(33)30-16-13-21(14-17-30)27-29-25(19-5-9-22(35-2)10-6-19)26(38-27)20-7-11-23(36-3)12-8-20;/h4-12,21,34H,1,13-18H2,2-3H3;1H. The maximum absolute atomic E-state index is 12.6. The Balaban J connectivity index is 0.00000420. The molecule has 1 aliphatic rings. The van der Waals surface area contributed by atoms with Crippen LogP contribution >= 0.6 is 0 Å². The van der Waals surface area contributed by atoms with Crippen molar-refractivity contribution in [2.75, 3.05) is 33.9 Å². The highest BCUT2D eigenvalue weighted by atomic mass is 16.5. The van der Waals surface area contributed by atoms with Gasteiger partial charge in [-0.15, -0.1) is 0 Å². The van der Waals surface area contributed by atoms with E-state index in [4.69, 9.17) is 18.9 Å². The average molecular weight is 524 g/mol. The van der Waals surface area contributed by atoms with Gasteiger partial charge in [-0.2, -0.15) is 0 Å². The Kier molecular flexibility index (Phi) is 8.65. The summed E-state index contributed by atoms with van der Waals surface area (Å²) in [6.45, 7) is 3.97. The number of esters is 1. The Morgan fingerprint density at radius 1 is 1.08 bits per heavy atom. The molecule has 4 rings (SSSR count). The van der Waals surface area contributed by atoms with E-state index in [0.29, 0.717) is 42.6 Å².